The van der Waals surface area contributed by atoms with Crippen LogP contribution < -0.4 is 9.47 Å². The van der Waals surface area contributed by atoms with E-state index in [0.717, 1.165) is 25.1 Å². The molecule has 1 aromatic rings. The highest BCUT2D eigenvalue weighted by Crippen LogP contribution is 2.76. The van der Waals surface area contributed by atoms with E-state index < -0.39 is 34.4 Å². The van der Waals surface area contributed by atoms with Crippen molar-refractivity contribution in [1.82, 2.24) is 14.9 Å². The number of hydrazine groups is 1. The molecule has 3 aliphatic heterocycles. The van der Waals surface area contributed by atoms with Crippen LogP contribution in [0, 0.1) is 17.3 Å². The third-order valence-corrected chi connectivity index (χ3v) is 10.0. The second-order valence-corrected chi connectivity index (χ2v) is 10.6. The normalized spacial score (nSPS) is 44.0. The van der Waals surface area contributed by atoms with Crippen LogP contribution >= 0.6 is 0 Å². The topological polar surface area (TPSA) is 71.5 Å². The minimum absolute atomic E-state index is 0.0224. The molecule has 0 aromatic heterocycles. The lowest BCUT2D eigenvalue weighted by Gasteiger charge is -2.74. The summed E-state index contributed by atoms with van der Waals surface area (Å²) in [6.07, 6.45) is 5.51. The number of methoxy groups -OCH3 is 2. The van der Waals surface area contributed by atoms with Crippen LogP contribution in [0.1, 0.15) is 17.5 Å². The lowest BCUT2D eigenvalue weighted by Crippen LogP contribution is -2.85. The van der Waals surface area contributed by atoms with Gasteiger partial charge in [-0.1, -0.05) is 18.2 Å². The molecule has 4 bridgehead atoms. The highest BCUT2D eigenvalue weighted by Gasteiger charge is 2.85. The van der Waals surface area contributed by atoms with Gasteiger partial charge >= 0.3 is 0 Å². The molecule has 2 spiro atoms. The van der Waals surface area contributed by atoms with E-state index in [9.17, 15) is 9.59 Å². The van der Waals surface area contributed by atoms with E-state index in [0.29, 0.717) is 5.75 Å². The first-order valence-electron chi connectivity index (χ1n) is 11.7. The Morgan fingerprint density at radius 2 is 1.76 bits per heavy atom. The van der Waals surface area contributed by atoms with Gasteiger partial charge in [0.25, 0.3) is 0 Å². The second kappa shape index (κ2) is 5.73. The third kappa shape index (κ3) is 1.72. The standard InChI is InChI=1S/C25H29N3O5/c1-26-11-10-24-16-13-6-7-14(31-4)19(16)33-22(24)25(32-5)9-8-23(24,15(26)12-13)17-18(25)21(30)28(3)27(2)20(17)29/h6-9,15,17-18,22H,10-12H2,1-5H3. The Hall–Kier alpha value is -2.58. The van der Waals surface area contributed by atoms with Crippen LogP contribution in [0.15, 0.2) is 24.3 Å². The Morgan fingerprint density at radius 1 is 1.03 bits per heavy atom. The molecule has 1 aromatic carbocycles. The molecule has 0 radical (unpaired) electrons. The zero-order chi connectivity index (χ0) is 23.1. The van der Waals surface area contributed by atoms with Gasteiger partial charge in [0.2, 0.25) is 11.8 Å². The first kappa shape index (κ1) is 19.9. The fourth-order valence-electron chi connectivity index (χ4n) is 8.68. The molecule has 8 heteroatoms. The van der Waals surface area contributed by atoms with Gasteiger partial charge in [0.05, 0.1) is 24.4 Å². The number of likely N-dealkylation sites (tertiary alicyclic amines) is 1. The van der Waals surface area contributed by atoms with Crippen LogP contribution in [0.3, 0.4) is 0 Å². The summed E-state index contributed by atoms with van der Waals surface area (Å²) in [4.78, 5) is 30.3. The second-order valence-electron chi connectivity index (χ2n) is 10.6. The summed E-state index contributed by atoms with van der Waals surface area (Å²) in [6.45, 7) is 0.894. The SMILES string of the molecule is COc1ccc2c3c1OC1C4(OC)C=CC5(C6C(=O)N(C)N(C)C(=O)C64)C(C2)N(C)CCC315. The predicted molar refractivity (Wildman–Crippen MR) is 118 cm³/mol. The maximum atomic E-state index is 14.1. The Kier molecular flexibility index (Phi) is 3.44. The fraction of sp³-hybridized carbons (Fsp3) is 0.600. The molecule has 174 valence electrons. The number of hydrogen-bond donors (Lipinski definition) is 0. The summed E-state index contributed by atoms with van der Waals surface area (Å²) >= 11 is 0. The van der Waals surface area contributed by atoms with Gasteiger partial charge in [-0.25, -0.2) is 0 Å². The van der Waals surface area contributed by atoms with E-state index in [1.165, 1.54) is 21.1 Å². The first-order chi connectivity index (χ1) is 15.8. The molecule has 7 atom stereocenters. The first-order valence-corrected chi connectivity index (χ1v) is 11.7. The van der Waals surface area contributed by atoms with Crippen molar-refractivity contribution in [3.8, 4) is 11.5 Å². The summed E-state index contributed by atoms with van der Waals surface area (Å²) in [7, 11) is 8.81. The van der Waals surface area contributed by atoms with Crippen LogP contribution in [-0.4, -0.2) is 86.4 Å². The minimum atomic E-state index is -1.03. The van der Waals surface area contributed by atoms with Crippen molar-refractivity contribution >= 4 is 11.8 Å². The molecule has 2 saturated heterocycles. The van der Waals surface area contributed by atoms with Gasteiger partial charge in [-0.2, -0.15) is 0 Å². The summed E-state index contributed by atoms with van der Waals surface area (Å²) in [5.74, 6) is 0.180. The average molecular weight is 452 g/mol. The fourth-order valence-corrected chi connectivity index (χ4v) is 8.68. The monoisotopic (exact) mass is 451 g/mol. The van der Waals surface area contributed by atoms with E-state index in [-0.39, 0.29) is 17.9 Å². The Bertz CT molecular complexity index is 1170. The molecule has 7 aliphatic rings. The molecule has 0 N–H and O–H groups in total. The zero-order valence-corrected chi connectivity index (χ0v) is 19.6. The number of benzene rings is 1. The van der Waals surface area contributed by atoms with Crippen molar-refractivity contribution in [2.75, 3.05) is 41.9 Å². The van der Waals surface area contributed by atoms with Gasteiger partial charge in [0, 0.05) is 38.2 Å². The average Bonchev–Trinajstić information content (AvgIpc) is 3.19. The summed E-state index contributed by atoms with van der Waals surface area (Å²) in [5.41, 5.74) is 0.359. The number of carbonyl (C=O) groups excluding carboxylic acids is 2. The van der Waals surface area contributed by atoms with Crippen molar-refractivity contribution in [2.24, 2.45) is 17.3 Å². The van der Waals surface area contributed by atoms with Gasteiger partial charge in [-0.15, -0.1) is 0 Å². The third-order valence-electron chi connectivity index (χ3n) is 10.0. The van der Waals surface area contributed by atoms with E-state index in [1.54, 1.807) is 28.3 Å². The van der Waals surface area contributed by atoms with Crippen LogP contribution in [0.2, 0.25) is 0 Å². The van der Waals surface area contributed by atoms with Crippen molar-refractivity contribution in [3.63, 3.8) is 0 Å². The van der Waals surface area contributed by atoms with Crippen LogP contribution in [0.4, 0.5) is 0 Å². The smallest absolute Gasteiger partial charge is 0.248 e. The van der Waals surface area contributed by atoms with Crippen molar-refractivity contribution in [1.29, 1.82) is 0 Å². The van der Waals surface area contributed by atoms with E-state index in [4.69, 9.17) is 14.2 Å². The van der Waals surface area contributed by atoms with Crippen molar-refractivity contribution in [3.05, 3.63) is 35.4 Å². The largest absolute Gasteiger partial charge is 0.493 e. The maximum Gasteiger partial charge on any atom is 0.248 e. The lowest BCUT2D eigenvalue weighted by atomic mass is 9.33. The van der Waals surface area contributed by atoms with Gasteiger partial charge in [0.15, 0.2) is 11.5 Å². The highest BCUT2D eigenvalue weighted by atomic mass is 16.6. The number of ether oxygens (including phenoxy) is 3. The van der Waals surface area contributed by atoms with Gasteiger partial charge in [-0.3, -0.25) is 19.6 Å². The number of hydrogen-bond acceptors (Lipinski definition) is 6. The van der Waals surface area contributed by atoms with Gasteiger partial charge in [-0.05, 0) is 38.1 Å². The molecule has 33 heavy (non-hydrogen) atoms. The Balaban J connectivity index is 1.62. The van der Waals surface area contributed by atoms with Gasteiger partial charge < -0.3 is 19.1 Å². The summed E-state index contributed by atoms with van der Waals surface area (Å²) in [6, 6.07) is 4.22. The zero-order valence-electron chi connectivity index (χ0n) is 19.6. The van der Waals surface area contributed by atoms with Crippen LogP contribution in [0.25, 0.3) is 0 Å². The quantitative estimate of drug-likeness (QED) is 0.625. The molecule has 8 rings (SSSR count). The van der Waals surface area contributed by atoms with Crippen LogP contribution in [-0.2, 0) is 26.2 Å². The van der Waals surface area contributed by atoms with E-state index in [2.05, 4.69) is 30.2 Å². The summed E-state index contributed by atoms with van der Waals surface area (Å²) in [5, 5.41) is 2.94. The Labute approximate surface area is 193 Å². The van der Waals surface area contributed by atoms with Crippen LogP contribution in [0.5, 0.6) is 11.5 Å². The molecule has 8 nitrogen and oxygen atoms in total. The number of nitrogens with zero attached hydrogens (tertiary/aromatic N) is 3. The molecule has 1 saturated carbocycles. The molecule has 2 amide bonds. The van der Waals surface area contributed by atoms with Crippen molar-refractivity contribution < 1.29 is 23.8 Å². The number of rotatable bonds is 2. The van der Waals surface area contributed by atoms with Gasteiger partial charge in [0.1, 0.15) is 11.7 Å². The summed E-state index contributed by atoms with van der Waals surface area (Å²) < 4.78 is 18.9. The maximum absolute atomic E-state index is 14.1. The molecular formula is C25H29N3O5. The molecule has 3 heterocycles. The Morgan fingerprint density at radius 3 is 2.45 bits per heavy atom. The molecule has 3 fully saturated rings. The number of piperidine rings is 1. The number of amides is 2. The molecule has 7 unspecified atom stereocenters. The number of likely N-dealkylation sites (N-methyl/N-ethyl adjacent to an activating group) is 1. The molecular weight excluding hydrogens is 422 g/mol. The molecule has 4 aliphatic carbocycles. The highest BCUT2D eigenvalue weighted by molar-refractivity contribution is 5.96. The minimum Gasteiger partial charge on any atom is -0.493 e. The lowest BCUT2D eigenvalue weighted by molar-refractivity contribution is -0.256. The predicted octanol–water partition coefficient (Wildman–Crippen LogP) is 0.987. The number of carbonyl (C=O) groups is 2. The van der Waals surface area contributed by atoms with E-state index in [1.807, 2.05) is 6.07 Å². The van der Waals surface area contributed by atoms with E-state index >= 15 is 0 Å². The van der Waals surface area contributed by atoms with Crippen molar-refractivity contribution in [2.45, 2.75) is 36.0 Å².